The van der Waals surface area contributed by atoms with Crippen molar-refractivity contribution in [3.05, 3.63) is 49.4 Å². The van der Waals surface area contributed by atoms with Gasteiger partial charge in [-0.05, 0) is 30.5 Å². The highest BCUT2D eigenvalue weighted by atomic mass is 35.5. The normalized spacial score (nSPS) is 14.9. The molecule has 3 rings (SSSR count). The second-order valence-corrected chi connectivity index (χ2v) is 6.75. The lowest BCUT2D eigenvalue weighted by Gasteiger charge is -2.04. The number of hydrogen-bond donors (Lipinski definition) is 1. The van der Waals surface area contributed by atoms with E-state index in [0.717, 1.165) is 10.6 Å². The first-order valence-electron chi connectivity index (χ1n) is 6.30. The van der Waals surface area contributed by atoms with Gasteiger partial charge in [-0.1, -0.05) is 29.3 Å². The maximum atomic E-state index is 6.20. The van der Waals surface area contributed by atoms with Crippen LogP contribution in [0.2, 0.25) is 10.0 Å². The maximum absolute atomic E-state index is 6.20. The van der Waals surface area contributed by atoms with Crippen LogP contribution in [0.4, 0.5) is 0 Å². The number of nitrogens with two attached hydrogens (primary N) is 1. The van der Waals surface area contributed by atoms with Crippen molar-refractivity contribution in [3.63, 3.8) is 0 Å². The molecule has 19 heavy (non-hydrogen) atoms. The average Bonchev–Trinajstić information content (AvgIpc) is 3.15. The van der Waals surface area contributed by atoms with Crippen molar-refractivity contribution < 1.29 is 0 Å². The van der Waals surface area contributed by atoms with Gasteiger partial charge in [-0.3, -0.25) is 0 Å². The molecule has 1 heterocycles. The molecule has 100 valence electrons. The molecule has 0 bridgehead atoms. The molecule has 1 aliphatic rings. The van der Waals surface area contributed by atoms with Crippen molar-refractivity contribution in [1.82, 2.24) is 4.98 Å². The van der Waals surface area contributed by atoms with Crippen LogP contribution in [-0.2, 0) is 13.0 Å². The molecule has 0 atom stereocenters. The molecule has 5 heteroatoms. The van der Waals surface area contributed by atoms with E-state index in [-0.39, 0.29) is 0 Å². The van der Waals surface area contributed by atoms with Crippen molar-refractivity contribution in [2.24, 2.45) is 5.73 Å². The molecule has 0 saturated heterocycles. The third kappa shape index (κ3) is 2.79. The van der Waals surface area contributed by atoms with Crippen molar-refractivity contribution in [3.8, 4) is 0 Å². The Bertz CT molecular complexity index is 585. The highest BCUT2D eigenvalue weighted by Gasteiger charge is 2.29. The Kier molecular flexibility index (Phi) is 3.81. The van der Waals surface area contributed by atoms with Gasteiger partial charge in [-0.2, -0.15) is 0 Å². The van der Waals surface area contributed by atoms with E-state index < -0.39 is 0 Å². The summed E-state index contributed by atoms with van der Waals surface area (Å²) in [5.41, 5.74) is 7.95. The Morgan fingerprint density at radius 1 is 1.26 bits per heavy atom. The molecule has 1 saturated carbocycles. The van der Waals surface area contributed by atoms with E-state index in [2.05, 4.69) is 0 Å². The minimum atomic E-state index is 0.569. The summed E-state index contributed by atoms with van der Waals surface area (Å²) in [5.74, 6) is 0.630. The lowest BCUT2D eigenvalue weighted by atomic mass is 10.1. The standard InChI is InChI=1S/C14H14Cl2N2S/c15-10-2-1-3-11(16)9(10)6-13-18-14(8-4-5-8)12(7-17)19-13/h1-3,8H,4-7,17H2. The molecular weight excluding hydrogens is 299 g/mol. The maximum Gasteiger partial charge on any atom is 0.0976 e. The SMILES string of the molecule is NCc1sc(Cc2c(Cl)cccc2Cl)nc1C1CC1. The van der Waals surface area contributed by atoms with E-state index in [1.54, 1.807) is 11.3 Å². The zero-order chi connectivity index (χ0) is 13.4. The molecular formula is C14H14Cl2N2S. The summed E-state index contributed by atoms with van der Waals surface area (Å²) in [6.45, 7) is 0.569. The highest BCUT2D eigenvalue weighted by molar-refractivity contribution is 7.11. The number of nitrogens with zero attached hydrogens (tertiary/aromatic N) is 1. The van der Waals surface area contributed by atoms with Crippen LogP contribution in [0, 0.1) is 0 Å². The zero-order valence-electron chi connectivity index (χ0n) is 10.3. The Balaban J connectivity index is 1.91. The van der Waals surface area contributed by atoms with Gasteiger partial charge in [0.1, 0.15) is 0 Å². The van der Waals surface area contributed by atoms with E-state index in [4.69, 9.17) is 33.9 Å². The summed E-state index contributed by atoms with van der Waals surface area (Å²) < 4.78 is 0. The Morgan fingerprint density at radius 3 is 2.53 bits per heavy atom. The van der Waals surface area contributed by atoms with Crippen molar-refractivity contribution in [2.45, 2.75) is 31.7 Å². The van der Waals surface area contributed by atoms with Gasteiger partial charge in [0.05, 0.1) is 10.7 Å². The van der Waals surface area contributed by atoms with E-state index in [0.29, 0.717) is 28.9 Å². The van der Waals surface area contributed by atoms with Crippen molar-refractivity contribution in [2.75, 3.05) is 0 Å². The number of thiazole rings is 1. The minimum absolute atomic E-state index is 0.569. The molecule has 0 amide bonds. The van der Waals surface area contributed by atoms with Gasteiger partial charge in [0.25, 0.3) is 0 Å². The van der Waals surface area contributed by atoms with Gasteiger partial charge in [-0.15, -0.1) is 11.3 Å². The number of aromatic nitrogens is 1. The van der Waals surface area contributed by atoms with Crippen LogP contribution in [0.3, 0.4) is 0 Å². The first-order chi connectivity index (χ1) is 9.19. The Labute approximate surface area is 126 Å². The largest absolute Gasteiger partial charge is 0.326 e. The zero-order valence-corrected chi connectivity index (χ0v) is 12.7. The van der Waals surface area contributed by atoms with Gasteiger partial charge in [0.2, 0.25) is 0 Å². The lowest BCUT2D eigenvalue weighted by Crippen LogP contribution is -1.97. The van der Waals surface area contributed by atoms with Crippen LogP contribution >= 0.6 is 34.5 Å². The predicted octanol–water partition coefficient (Wildman–Crippen LogP) is 4.38. The molecule has 1 fully saturated rings. The lowest BCUT2D eigenvalue weighted by molar-refractivity contribution is 0.959. The first-order valence-corrected chi connectivity index (χ1v) is 7.87. The fraction of sp³-hybridized carbons (Fsp3) is 0.357. The number of halogens is 2. The van der Waals surface area contributed by atoms with Crippen LogP contribution < -0.4 is 5.73 Å². The molecule has 2 aromatic rings. The number of rotatable bonds is 4. The quantitative estimate of drug-likeness (QED) is 0.910. The molecule has 2 nitrogen and oxygen atoms in total. The third-order valence-electron chi connectivity index (χ3n) is 3.31. The smallest absolute Gasteiger partial charge is 0.0976 e. The summed E-state index contributed by atoms with van der Waals surface area (Å²) in [6, 6.07) is 5.58. The average molecular weight is 313 g/mol. The van der Waals surface area contributed by atoms with Crippen LogP contribution in [0.15, 0.2) is 18.2 Å². The van der Waals surface area contributed by atoms with Crippen LogP contribution in [-0.4, -0.2) is 4.98 Å². The van der Waals surface area contributed by atoms with E-state index in [1.807, 2.05) is 18.2 Å². The van der Waals surface area contributed by atoms with Gasteiger partial charge in [0, 0.05) is 33.8 Å². The molecule has 1 aromatic heterocycles. The summed E-state index contributed by atoms with van der Waals surface area (Å²) in [7, 11) is 0. The van der Waals surface area contributed by atoms with E-state index in [1.165, 1.54) is 23.4 Å². The van der Waals surface area contributed by atoms with Gasteiger partial charge in [-0.25, -0.2) is 4.98 Å². The summed E-state index contributed by atoms with van der Waals surface area (Å²) in [5, 5.41) is 2.45. The molecule has 0 unspecified atom stereocenters. The third-order valence-corrected chi connectivity index (χ3v) is 5.11. The highest BCUT2D eigenvalue weighted by Crippen LogP contribution is 2.43. The van der Waals surface area contributed by atoms with Gasteiger partial charge in [0.15, 0.2) is 0 Å². The van der Waals surface area contributed by atoms with Crippen molar-refractivity contribution in [1.29, 1.82) is 0 Å². The summed E-state index contributed by atoms with van der Waals surface area (Å²) in [4.78, 5) is 5.95. The second kappa shape index (κ2) is 5.41. The van der Waals surface area contributed by atoms with E-state index in [9.17, 15) is 0 Å². The first kappa shape index (κ1) is 13.4. The Morgan fingerprint density at radius 2 is 1.95 bits per heavy atom. The second-order valence-electron chi connectivity index (χ2n) is 4.77. The van der Waals surface area contributed by atoms with Crippen LogP contribution in [0.1, 0.15) is 39.9 Å². The molecule has 0 spiro atoms. The molecule has 2 N–H and O–H groups in total. The molecule has 1 aliphatic carbocycles. The fourth-order valence-corrected chi connectivity index (χ4v) is 3.74. The van der Waals surface area contributed by atoms with Gasteiger partial charge < -0.3 is 5.73 Å². The topological polar surface area (TPSA) is 38.9 Å². The molecule has 0 radical (unpaired) electrons. The molecule has 0 aliphatic heterocycles. The monoisotopic (exact) mass is 312 g/mol. The Hall–Kier alpha value is -0.610. The van der Waals surface area contributed by atoms with E-state index >= 15 is 0 Å². The van der Waals surface area contributed by atoms with Crippen LogP contribution in [0.5, 0.6) is 0 Å². The molecule has 1 aromatic carbocycles. The predicted molar refractivity (Wildman–Crippen MR) is 81.2 cm³/mol. The van der Waals surface area contributed by atoms with Crippen LogP contribution in [0.25, 0.3) is 0 Å². The fourth-order valence-electron chi connectivity index (χ4n) is 2.16. The summed E-state index contributed by atoms with van der Waals surface area (Å²) >= 11 is 14.1. The number of benzene rings is 1. The summed E-state index contributed by atoms with van der Waals surface area (Å²) in [6.07, 6.45) is 3.16. The van der Waals surface area contributed by atoms with Gasteiger partial charge >= 0.3 is 0 Å². The number of hydrogen-bond acceptors (Lipinski definition) is 3. The van der Waals surface area contributed by atoms with Crippen molar-refractivity contribution >= 4 is 34.5 Å². The minimum Gasteiger partial charge on any atom is -0.326 e.